The molecule has 2 aromatic rings. The lowest BCUT2D eigenvalue weighted by molar-refractivity contribution is -0.132. The van der Waals surface area contributed by atoms with E-state index in [1.165, 1.54) is 13.8 Å². The molecule has 0 bridgehead atoms. The number of rotatable bonds is 3. The van der Waals surface area contributed by atoms with Gasteiger partial charge in [0, 0.05) is 43.4 Å². The number of ether oxygens (including phenoxy) is 3. The number of nitrogens with zero attached hydrogens (tertiary/aromatic N) is 1. The van der Waals surface area contributed by atoms with Gasteiger partial charge in [-0.05, 0) is 30.3 Å². The van der Waals surface area contributed by atoms with Crippen molar-refractivity contribution < 1.29 is 23.8 Å². The maximum Gasteiger partial charge on any atom is 0.308 e. The summed E-state index contributed by atoms with van der Waals surface area (Å²) in [6.07, 6.45) is 0. The van der Waals surface area contributed by atoms with Crippen LogP contribution < -0.4 is 14.4 Å². The molecule has 1 heterocycles. The van der Waals surface area contributed by atoms with E-state index in [-0.39, 0.29) is 0 Å². The molecule has 24 heavy (non-hydrogen) atoms. The molecule has 0 amide bonds. The number of anilines is 1. The topological polar surface area (TPSA) is 65.1 Å². The average molecular weight is 329 g/mol. The number of hydrogen-bond donors (Lipinski definition) is 0. The lowest BCUT2D eigenvalue weighted by atomic mass is 10.1. The molecular formula is C18H19NO5. The van der Waals surface area contributed by atoms with Gasteiger partial charge in [0.1, 0.15) is 11.5 Å². The normalized spacial score (nSPS) is 14.5. The molecule has 126 valence electrons. The minimum Gasteiger partial charge on any atom is -0.426 e. The first-order valence-corrected chi connectivity index (χ1v) is 7.81. The van der Waals surface area contributed by atoms with Crippen LogP contribution in [0.3, 0.4) is 0 Å². The Hall–Kier alpha value is -2.60. The van der Waals surface area contributed by atoms with Gasteiger partial charge in [0.25, 0.3) is 0 Å². The molecule has 0 saturated carbocycles. The van der Waals surface area contributed by atoms with Crippen LogP contribution >= 0.6 is 0 Å². The van der Waals surface area contributed by atoms with Crippen molar-refractivity contribution >= 4 is 28.4 Å². The summed E-state index contributed by atoms with van der Waals surface area (Å²) in [4.78, 5) is 24.9. The van der Waals surface area contributed by atoms with Crippen LogP contribution in [0, 0.1) is 0 Å². The molecule has 0 unspecified atom stereocenters. The predicted molar refractivity (Wildman–Crippen MR) is 89.6 cm³/mol. The van der Waals surface area contributed by atoms with Gasteiger partial charge in [0.2, 0.25) is 0 Å². The summed E-state index contributed by atoms with van der Waals surface area (Å²) in [7, 11) is 0. The van der Waals surface area contributed by atoms with Crippen molar-refractivity contribution in [1.82, 2.24) is 0 Å². The third-order valence-corrected chi connectivity index (χ3v) is 3.80. The van der Waals surface area contributed by atoms with Crippen molar-refractivity contribution in [3.8, 4) is 11.5 Å². The lowest BCUT2D eigenvalue weighted by Crippen LogP contribution is -2.36. The second-order valence-corrected chi connectivity index (χ2v) is 5.58. The molecule has 0 radical (unpaired) electrons. The Balaban J connectivity index is 2.08. The van der Waals surface area contributed by atoms with E-state index in [1.54, 1.807) is 12.1 Å². The smallest absolute Gasteiger partial charge is 0.308 e. The van der Waals surface area contributed by atoms with E-state index >= 15 is 0 Å². The molecule has 1 fully saturated rings. The van der Waals surface area contributed by atoms with Gasteiger partial charge in [-0.25, -0.2) is 0 Å². The number of carbonyl (C=O) groups is 2. The van der Waals surface area contributed by atoms with Crippen molar-refractivity contribution in [2.24, 2.45) is 0 Å². The molecule has 6 nitrogen and oxygen atoms in total. The molecule has 1 aliphatic heterocycles. The molecule has 0 N–H and O–H groups in total. The van der Waals surface area contributed by atoms with E-state index in [4.69, 9.17) is 14.2 Å². The Morgan fingerprint density at radius 3 is 2.08 bits per heavy atom. The van der Waals surface area contributed by atoms with Crippen LogP contribution in [0.5, 0.6) is 11.5 Å². The van der Waals surface area contributed by atoms with Gasteiger partial charge in [-0.15, -0.1) is 0 Å². The van der Waals surface area contributed by atoms with E-state index in [2.05, 4.69) is 4.90 Å². The van der Waals surface area contributed by atoms with Crippen molar-refractivity contribution in [1.29, 1.82) is 0 Å². The third-order valence-electron chi connectivity index (χ3n) is 3.80. The molecule has 0 aliphatic carbocycles. The second-order valence-electron chi connectivity index (χ2n) is 5.58. The monoisotopic (exact) mass is 329 g/mol. The van der Waals surface area contributed by atoms with Crippen LogP contribution in [0.15, 0.2) is 30.3 Å². The Morgan fingerprint density at radius 1 is 0.917 bits per heavy atom. The fourth-order valence-corrected chi connectivity index (χ4v) is 2.79. The molecule has 1 saturated heterocycles. The minimum absolute atomic E-state index is 0.395. The van der Waals surface area contributed by atoms with E-state index in [0.717, 1.165) is 29.5 Å². The zero-order valence-electron chi connectivity index (χ0n) is 13.7. The largest absolute Gasteiger partial charge is 0.426 e. The lowest BCUT2D eigenvalue weighted by Gasteiger charge is -2.29. The molecular weight excluding hydrogens is 310 g/mol. The number of carbonyl (C=O) groups excluding carboxylic acids is 2. The molecule has 0 spiro atoms. The number of morpholine rings is 1. The van der Waals surface area contributed by atoms with Gasteiger partial charge in [-0.3, -0.25) is 9.59 Å². The second kappa shape index (κ2) is 6.88. The summed E-state index contributed by atoms with van der Waals surface area (Å²) in [5.74, 6) is 0.104. The summed E-state index contributed by atoms with van der Waals surface area (Å²) in [6, 6.07) is 9.08. The summed E-state index contributed by atoms with van der Waals surface area (Å²) in [5.41, 5.74) is 1.01. The zero-order chi connectivity index (χ0) is 17.1. The third kappa shape index (κ3) is 3.49. The SMILES string of the molecule is CC(=O)Oc1ccc(OC(C)=O)c2cc(N3CCOCC3)ccc12. The molecule has 2 aromatic carbocycles. The van der Waals surface area contributed by atoms with E-state index in [9.17, 15) is 9.59 Å². The maximum absolute atomic E-state index is 11.4. The number of fused-ring (bicyclic) bond motifs is 1. The van der Waals surface area contributed by atoms with Gasteiger partial charge < -0.3 is 19.1 Å². The molecule has 6 heteroatoms. The maximum atomic E-state index is 11.4. The zero-order valence-corrected chi connectivity index (χ0v) is 13.7. The van der Waals surface area contributed by atoms with Gasteiger partial charge in [0.15, 0.2) is 0 Å². The van der Waals surface area contributed by atoms with E-state index < -0.39 is 11.9 Å². The summed E-state index contributed by atoms with van der Waals surface area (Å²) >= 11 is 0. The first-order chi connectivity index (χ1) is 11.5. The Morgan fingerprint density at radius 2 is 1.50 bits per heavy atom. The highest BCUT2D eigenvalue weighted by molar-refractivity contribution is 5.97. The Bertz CT molecular complexity index is 780. The van der Waals surface area contributed by atoms with Crippen LogP contribution in [0.25, 0.3) is 10.8 Å². The van der Waals surface area contributed by atoms with Crippen LogP contribution in [0.2, 0.25) is 0 Å². The minimum atomic E-state index is -0.395. The van der Waals surface area contributed by atoms with Crippen molar-refractivity contribution in [3.63, 3.8) is 0 Å². The summed E-state index contributed by atoms with van der Waals surface area (Å²) in [5, 5.41) is 1.45. The van der Waals surface area contributed by atoms with E-state index in [0.29, 0.717) is 24.7 Å². The molecule has 1 aliphatic rings. The fraction of sp³-hybridized carbons (Fsp3) is 0.333. The highest BCUT2D eigenvalue weighted by Crippen LogP contribution is 2.36. The number of benzene rings is 2. The van der Waals surface area contributed by atoms with Crippen LogP contribution in [0.1, 0.15) is 13.8 Å². The average Bonchev–Trinajstić information content (AvgIpc) is 2.56. The highest BCUT2D eigenvalue weighted by Gasteiger charge is 2.16. The Kier molecular flexibility index (Phi) is 4.66. The first kappa shape index (κ1) is 16.3. The van der Waals surface area contributed by atoms with Gasteiger partial charge in [-0.1, -0.05) is 0 Å². The van der Waals surface area contributed by atoms with Gasteiger partial charge in [-0.2, -0.15) is 0 Å². The van der Waals surface area contributed by atoms with Crippen LogP contribution in [-0.2, 0) is 14.3 Å². The van der Waals surface area contributed by atoms with Gasteiger partial charge in [0.05, 0.1) is 13.2 Å². The summed E-state index contributed by atoms with van der Waals surface area (Å²) in [6.45, 7) is 5.69. The quantitative estimate of drug-likeness (QED) is 0.637. The van der Waals surface area contributed by atoms with Crippen LogP contribution in [0.4, 0.5) is 5.69 Å². The van der Waals surface area contributed by atoms with Crippen molar-refractivity contribution in [2.75, 3.05) is 31.2 Å². The van der Waals surface area contributed by atoms with Crippen molar-refractivity contribution in [3.05, 3.63) is 30.3 Å². The predicted octanol–water partition coefficient (Wildman–Crippen LogP) is 2.53. The van der Waals surface area contributed by atoms with Gasteiger partial charge >= 0.3 is 11.9 Å². The summed E-state index contributed by atoms with van der Waals surface area (Å²) < 4.78 is 15.9. The molecule has 3 rings (SSSR count). The van der Waals surface area contributed by atoms with Crippen molar-refractivity contribution in [2.45, 2.75) is 13.8 Å². The standard InChI is InChI=1S/C18H19NO5/c1-12(20)23-17-5-6-18(24-13(2)21)16-11-14(3-4-15(16)17)19-7-9-22-10-8-19/h3-6,11H,7-10H2,1-2H3. The Labute approximate surface area is 139 Å². The van der Waals surface area contributed by atoms with Crippen LogP contribution in [-0.4, -0.2) is 38.2 Å². The highest BCUT2D eigenvalue weighted by atomic mass is 16.5. The fourth-order valence-electron chi connectivity index (χ4n) is 2.79. The first-order valence-electron chi connectivity index (χ1n) is 7.81. The molecule has 0 atom stereocenters. The number of esters is 2. The molecule has 0 aromatic heterocycles. The number of hydrogen-bond acceptors (Lipinski definition) is 6. The van der Waals surface area contributed by atoms with E-state index in [1.807, 2.05) is 18.2 Å².